The third kappa shape index (κ3) is 8.46. The van der Waals surface area contributed by atoms with Gasteiger partial charge in [-0.1, -0.05) is 84.4 Å². The number of non-ortho nitro benzene ring substituents is 1. The van der Waals surface area contributed by atoms with Crippen molar-refractivity contribution in [1.29, 1.82) is 0 Å². The summed E-state index contributed by atoms with van der Waals surface area (Å²) < 4.78 is 28.8. The number of nitro groups is 1. The molecule has 1 atom stereocenters. The first-order valence-electron chi connectivity index (χ1n) is 14.2. The molecule has 0 aliphatic carbocycles. The molecule has 45 heavy (non-hydrogen) atoms. The van der Waals surface area contributed by atoms with Gasteiger partial charge in [0.1, 0.15) is 12.6 Å². The number of carbonyl (C=O) groups excluding carboxylic acids is 2. The van der Waals surface area contributed by atoms with E-state index in [0.29, 0.717) is 10.6 Å². The Balaban J connectivity index is 1.84. The summed E-state index contributed by atoms with van der Waals surface area (Å²) in [7, 11) is -4.39. The highest BCUT2D eigenvalue weighted by molar-refractivity contribution is 7.92. The van der Waals surface area contributed by atoms with E-state index in [9.17, 15) is 28.1 Å². The standard InChI is InChI=1S/C33H33ClN4O6S/c1-24(2)35-33(40)31(20-25-12-5-3-6-13-25)36(22-26-14-9-10-19-30(26)34)32(39)23-37(27-15-11-16-28(21-27)38(41)42)45(43,44)29-17-7-4-8-18-29/h3-19,21,24,31H,20,22-23H2,1-2H3,(H,35,40)/t31-/m0/s1. The molecule has 2 amide bonds. The third-order valence-electron chi connectivity index (χ3n) is 6.94. The predicted octanol–water partition coefficient (Wildman–Crippen LogP) is 5.61. The summed E-state index contributed by atoms with van der Waals surface area (Å²) in [6, 6.07) is 27.3. The molecule has 0 fully saturated rings. The van der Waals surface area contributed by atoms with Crippen molar-refractivity contribution >= 4 is 44.8 Å². The molecule has 0 aromatic heterocycles. The van der Waals surface area contributed by atoms with Gasteiger partial charge in [0.05, 0.1) is 15.5 Å². The van der Waals surface area contributed by atoms with Gasteiger partial charge in [-0.05, 0) is 49.2 Å². The van der Waals surface area contributed by atoms with E-state index >= 15 is 0 Å². The van der Waals surface area contributed by atoms with Gasteiger partial charge in [-0.25, -0.2) is 8.42 Å². The van der Waals surface area contributed by atoms with Crippen molar-refractivity contribution < 1.29 is 22.9 Å². The molecular weight excluding hydrogens is 616 g/mol. The van der Waals surface area contributed by atoms with Crippen molar-refractivity contribution in [3.8, 4) is 0 Å². The fourth-order valence-electron chi connectivity index (χ4n) is 4.75. The molecule has 0 saturated heterocycles. The van der Waals surface area contributed by atoms with Crippen LogP contribution in [0.15, 0.2) is 114 Å². The van der Waals surface area contributed by atoms with Crippen LogP contribution in [0.25, 0.3) is 0 Å². The molecule has 0 heterocycles. The largest absolute Gasteiger partial charge is 0.352 e. The zero-order chi connectivity index (χ0) is 32.6. The number of nitrogens with zero attached hydrogens (tertiary/aromatic N) is 3. The number of rotatable bonds is 13. The second-order valence-corrected chi connectivity index (χ2v) is 12.9. The summed E-state index contributed by atoms with van der Waals surface area (Å²) in [5.41, 5.74) is 0.909. The topological polar surface area (TPSA) is 130 Å². The van der Waals surface area contributed by atoms with Crippen LogP contribution in [0.5, 0.6) is 0 Å². The number of hydrogen-bond acceptors (Lipinski definition) is 6. The van der Waals surface area contributed by atoms with Crippen LogP contribution in [0.3, 0.4) is 0 Å². The van der Waals surface area contributed by atoms with Crippen molar-refractivity contribution in [3.05, 3.63) is 135 Å². The van der Waals surface area contributed by atoms with Gasteiger partial charge in [0.25, 0.3) is 15.7 Å². The lowest BCUT2D eigenvalue weighted by atomic mass is 10.0. The van der Waals surface area contributed by atoms with Crippen molar-refractivity contribution in [3.63, 3.8) is 0 Å². The molecule has 234 valence electrons. The molecule has 10 nitrogen and oxygen atoms in total. The number of nitro benzene ring substituents is 1. The van der Waals surface area contributed by atoms with E-state index in [1.165, 1.54) is 47.4 Å². The van der Waals surface area contributed by atoms with Crippen LogP contribution < -0.4 is 9.62 Å². The molecule has 4 aromatic carbocycles. The number of anilines is 1. The van der Waals surface area contributed by atoms with E-state index in [4.69, 9.17) is 11.6 Å². The minimum atomic E-state index is -4.39. The summed E-state index contributed by atoms with van der Waals surface area (Å²) >= 11 is 6.49. The van der Waals surface area contributed by atoms with Crippen molar-refractivity contribution in [2.45, 2.75) is 43.8 Å². The molecule has 4 aromatic rings. The second kappa shape index (κ2) is 14.8. The molecule has 4 rings (SSSR count). The van der Waals surface area contributed by atoms with E-state index in [-0.39, 0.29) is 35.3 Å². The molecule has 1 N–H and O–H groups in total. The van der Waals surface area contributed by atoms with Crippen molar-refractivity contribution in [2.75, 3.05) is 10.8 Å². The van der Waals surface area contributed by atoms with Crippen LogP contribution in [0.2, 0.25) is 5.02 Å². The van der Waals surface area contributed by atoms with Crippen LogP contribution >= 0.6 is 11.6 Å². The average Bonchev–Trinajstić information content (AvgIpc) is 3.02. The van der Waals surface area contributed by atoms with Crippen LogP contribution in [0.4, 0.5) is 11.4 Å². The van der Waals surface area contributed by atoms with Gasteiger partial charge in [0.15, 0.2) is 0 Å². The maximum atomic E-state index is 14.4. The molecule has 0 aliphatic heterocycles. The van der Waals surface area contributed by atoms with Crippen LogP contribution in [-0.4, -0.2) is 48.7 Å². The molecular formula is C33H33ClN4O6S. The smallest absolute Gasteiger partial charge is 0.271 e. The van der Waals surface area contributed by atoms with E-state index in [1.54, 1.807) is 44.2 Å². The Hall–Kier alpha value is -4.74. The Morgan fingerprint density at radius 3 is 2.13 bits per heavy atom. The number of carbonyl (C=O) groups is 2. The molecule has 12 heteroatoms. The number of hydrogen-bond donors (Lipinski definition) is 1. The molecule has 0 radical (unpaired) electrons. The maximum absolute atomic E-state index is 14.4. The Morgan fingerprint density at radius 2 is 1.51 bits per heavy atom. The monoisotopic (exact) mass is 648 g/mol. The van der Waals surface area contributed by atoms with E-state index in [2.05, 4.69) is 5.32 Å². The minimum absolute atomic E-state index is 0.0784. The van der Waals surface area contributed by atoms with Crippen molar-refractivity contribution in [1.82, 2.24) is 10.2 Å². The van der Waals surface area contributed by atoms with Crippen LogP contribution in [0.1, 0.15) is 25.0 Å². The lowest BCUT2D eigenvalue weighted by Gasteiger charge is -2.34. The van der Waals surface area contributed by atoms with Gasteiger partial charge in [0.2, 0.25) is 11.8 Å². The van der Waals surface area contributed by atoms with Gasteiger partial charge in [0, 0.05) is 36.2 Å². The van der Waals surface area contributed by atoms with Gasteiger partial charge in [-0.3, -0.25) is 24.0 Å². The van der Waals surface area contributed by atoms with E-state index in [0.717, 1.165) is 15.9 Å². The van der Waals surface area contributed by atoms with Gasteiger partial charge < -0.3 is 10.2 Å². The molecule has 0 bridgehead atoms. The normalized spacial score (nSPS) is 11.9. The fourth-order valence-corrected chi connectivity index (χ4v) is 6.38. The third-order valence-corrected chi connectivity index (χ3v) is 9.10. The van der Waals surface area contributed by atoms with Crippen molar-refractivity contribution in [2.24, 2.45) is 0 Å². The first-order chi connectivity index (χ1) is 21.5. The summed E-state index contributed by atoms with van der Waals surface area (Å²) in [5, 5.41) is 14.8. The minimum Gasteiger partial charge on any atom is -0.352 e. The summed E-state index contributed by atoms with van der Waals surface area (Å²) in [4.78, 5) is 40.3. The van der Waals surface area contributed by atoms with Gasteiger partial charge in [-0.2, -0.15) is 0 Å². The SMILES string of the molecule is CC(C)NC(=O)[C@H](Cc1ccccc1)N(Cc1ccccc1Cl)C(=O)CN(c1cccc([N+](=O)[O-])c1)S(=O)(=O)c1ccccc1. The highest BCUT2D eigenvalue weighted by atomic mass is 35.5. The number of nitrogens with one attached hydrogen (secondary N) is 1. The van der Waals surface area contributed by atoms with Gasteiger partial charge >= 0.3 is 0 Å². The Labute approximate surface area is 267 Å². The second-order valence-electron chi connectivity index (χ2n) is 10.6. The number of benzene rings is 4. The number of amides is 2. The summed E-state index contributed by atoms with van der Waals surface area (Å²) in [6.07, 6.45) is 0.137. The summed E-state index contributed by atoms with van der Waals surface area (Å²) in [6.45, 7) is 2.75. The number of halogens is 1. The van der Waals surface area contributed by atoms with E-state index in [1.807, 2.05) is 30.3 Å². The zero-order valence-electron chi connectivity index (χ0n) is 24.7. The zero-order valence-corrected chi connectivity index (χ0v) is 26.3. The van der Waals surface area contributed by atoms with E-state index < -0.39 is 39.3 Å². The van der Waals surface area contributed by atoms with Gasteiger partial charge in [-0.15, -0.1) is 0 Å². The molecule has 0 spiro atoms. The first-order valence-corrected chi connectivity index (χ1v) is 16.0. The van der Waals surface area contributed by atoms with Crippen LogP contribution in [-0.2, 0) is 32.6 Å². The molecule has 0 saturated carbocycles. The number of sulfonamides is 1. The Kier molecular flexibility index (Phi) is 10.9. The van der Waals surface area contributed by atoms with Crippen LogP contribution in [0, 0.1) is 10.1 Å². The molecule has 0 unspecified atom stereocenters. The highest BCUT2D eigenvalue weighted by Crippen LogP contribution is 2.28. The average molecular weight is 649 g/mol. The molecule has 0 aliphatic rings. The maximum Gasteiger partial charge on any atom is 0.271 e. The summed E-state index contributed by atoms with van der Waals surface area (Å²) in [5.74, 6) is -1.14. The predicted molar refractivity (Wildman–Crippen MR) is 173 cm³/mol. The lowest BCUT2D eigenvalue weighted by Crippen LogP contribution is -2.54. The Morgan fingerprint density at radius 1 is 0.889 bits per heavy atom. The quantitative estimate of drug-likeness (QED) is 0.148. The first kappa shape index (κ1) is 33.2. The fraction of sp³-hybridized carbons (Fsp3) is 0.212. The highest BCUT2D eigenvalue weighted by Gasteiger charge is 2.35. The lowest BCUT2D eigenvalue weighted by molar-refractivity contribution is -0.384. The Bertz CT molecular complexity index is 1750.